The largest absolute Gasteiger partial charge is 0.464 e. The zero-order valence-electron chi connectivity index (χ0n) is 12.0. The average molecular weight is 363 g/mol. The smallest absolute Gasteiger partial charge is 0.358 e. The van der Waals surface area contributed by atoms with Gasteiger partial charge in [-0.25, -0.2) is 9.78 Å². The number of methoxy groups -OCH3 is 1. The maximum Gasteiger partial charge on any atom is 0.358 e. The molecule has 0 unspecified atom stereocenters. The second kappa shape index (κ2) is 4.93. The van der Waals surface area contributed by atoms with Gasteiger partial charge in [-0.3, -0.25) is 0 Å². The normalized spacial score (nSPS) is 21.4. The van der Waals surface area contributed by atoms with E-state index >= 15 is 0 Å². The summed E-state index contributed by atoms with van der Waals surface area (Å²) in [6.07, 6.45) is 2.04. The third-order valence-corrected chi connectivity index (χ3v) is 5.21. The molecule has 3 aliphatic rings. The lowest BCUT2D eigenvalue weighted by molar-refractivity contribution is 0.0590. The molecule has 22 heavy (non-hydrogen) atoms. The third kappa shape index (κ3) is 1.80. The van der Waals surface area contributed by atoms with E-state index < -0.39 is 5.97 Å². The number of halogens is 1. The molecule has 1 N–H and O–H groups in total. The van der Waals surface area contributed by atoms with Crippen LogP contribution in [0.2, 0.25) is 0 Å². The highest BCUT2D eigenvalue weighted by atomic mass is 79.9. The van der Waals surface area contributed by atoms with Crippen LogP contribution in [0.15, 0.2) is 22.7 Å². The highest BCUT2D eigenvalue weighted by Crippen LogP contribution is 2.53. The Morgan fingerprint density at radius 2 is 2.27 bits per heavy atom. The molecule has 2 bridgehead atoms. The van der Waals surface area contributed by atoms with Crippen molar-refractivity contribution in [3.63, 3.8) is 0 Å². The first kappa shape index (κ1) is 14.0. The van der Waals surface area contributed by atoms with Gasteiger partial charge in [0.25, 0.3) is 0 Å². The Labute approximate surface area is 136 Å². The summed E-state index contributed by atoms with van der Waals surface area (Å²) in [6.45, 7) is -0.220. The first-order valence-corrected chi connectivity index (χ1v) is 8.03. The Bertz CT molecular complexity index is 778. The molecular formula is C16H15BrN2O3. The topological polar surface area (TPSA) is 64.3 Å². The van der Waals surface area contributed by atoms with Crippen LogP contribution in [0.1, 0.15) is 46.5 Å². The van der Waals surface area contributed by atoms with Crippen molar-refractivity contribution >= 4 is 21.9 Å². The predicted molar refractivity (Wildman–Crippen MR) is 83.6 cm³/mol. The molecule has 0 saturated heterocycles. The minimum Gasteiger partial charge on any atom is -0.464 e. The minimum atomic E-state index is -0.503. The SMILES string of the molecule is COC(=O)c1nc2n(c1CO)C1CC(C1)c1ccc(Br)cc1-2. The van der Waals surface area contributed by atoms with Crippen LogP contribution < -0.4 is 0 Å². The number of hydrogen-bond donors (Lipinski definition) is 1. The van der Waals surface area contributed by atoms with E-state index in [0.29, 0.717) is 17.7 Å². The Kier molecular flexibility index (Phi) is 3.13. The van der Waals surface area contributed by atoms with E-state index in [4.69, 9.17) is 4.74 Å². The van der Waals surface area contributed by atoms with E-state index in [1.165, 1.54) is 12.7 Å². The molecule has 0 amide bonds. The first-order valence-electron chi connectivity index (χ1n) is 7.24. The summed E-state index contributed by atoms with van der Waals surface area (Å²) in [4.78, 5) is 16.5. The summed E-state index contributed by atoms with van der Waals surface area (Å²) >= 11 is 3.51. The van der Waals surface area contributed by atoms with Crippen molar-refractivity contribution in [1.29, 1.82) is 0 Å². The number of rotatable bonds is 2. The summed E-state index contributed by atoms with van der Waals surface area (Å²) in [5.41, 5.74) is 3.07. The van der Waals surface area contributed by atoms with Gasteiger partial charge >= 0.3 is 5.97 Å². The Balaban J connectivity index is 2.01. The van der Waals surface area contributed by atoms with E-state index in [0.717, 1.165) is 28.7 Å². The average Bonchev–Trinajstić information content (AvgIpc) is 2.74. The first-order chi connectivity index (χ1) is 10.6. The van der Waals surface area contributed by atoms with Crippen molar-refractivity contribution in [2.45, 2.75) is 31.4 Å². The van der Waals surface area contributed by atoms with Gasteiger partial charge in [0, 0.05) is 16.1 Å². The number of hydrogen-bond acceptors (Lipinski definition) is 4. The maximum absolute atomic E-state index is 12.0. The number of benzene rings is 1. The number of esters is 1. The van der Waals surface area contributed by atoms with Gasteiger partial charge in [0.1, 0.15) is 5.82 Å². The molecule has 114 valence electrons. The number of nitrogens with zero attached hydrogens (tertiary/aromatic N) is 2. The summed E-state index contributed by atoms with van der Waals surface area (Å²) in [5, 5.41) is 9.76. The van der Waals surface area contributed by atoms with Crippen LogP contribution in [0.3, 0.4) is 0 Å². The van der Waals surface area contributed by atoms with Gasteiger partial charge in [0.2, 0.25) is 0 Å². The fraction of sp³-hybridized carbons (Fsp3) is 0.375. The highest BCUT2D eigenvalue weighted by Gasteiger charge is 2.41. The van der Waals surface area contributed by atoms with Crippen molar-refractivity contribution in [3.8, 4) is 11.4 Å². The molecule has 6 heteroatoms. The number of aliphatic hydroxyl groups is 1. The molecular weight excluding hydrogens is 348 g/mol. The molecule has 0 atom stereocenters. The number of aliphatic hydroxyl groups excluding tert-OH is 1. The van der Waals surface area contributed by atoms with Gasteiger partial charge in [-0.05, 0) is 36.5 Å². The Morgan fingerprint density at radius 3 is 2.95 bits per heavy atom. The van der Waals surface area contributed by atoms with Crippen molar-refractivity contribution < 1.29 is 14.6 Å². The number of carbonyl (C=O) groups is 1. The number of imidazole rings is 1. The summed E-state index contributed by atoms with van der Waals surface area (Å²) in [7, 11) is 1.33. The van der Waals surface area contributed by atoms with E-state index in [1.807, 2.05) is 16.7 Å². The van der Waals surface area contributed by atoms with E-state index in [9.17, 15) is 9.90 Å². The molecule has 2 aromatic rings. The summed E-state index contributed by atoms with van der Waals surface area (Å²) in [5.74, 6) is 0.783. The van der Waals surface area contributed by atoms with Crippen LogP contribution in [-0.2, 0) is 11.3 Å². The number of carbonyl (C=O) groups excluding carboxylic acids is 1. The maximum atomic E-state index is 12.0. The second-order valence-electron chi connectivity index (χ2n) is 5.80. The van der Waals surface area contributed by atoms with Gasteiger partial charge in [0.05, 0.1) is 19.4 Å². The molecule has 1 aromatic carbocycles. The number of aromatic nitrogens is 2. The molecule has 2 aliphatic heterocycles. The van der Waals surface area contributed by atoms with E-state index in [-0.39, 0.29) is 12.3 Å². The zero-order chi connectivity index (χ0) is 15.4. The third-order valence-electron chi connectivity index (χ3n) is 4.71. The second-order valence-corrected chi connectivity index (χ2v) is 6.72. The van der Waals surface area contributed by atoms with Crippen LogP contribution in [0.5, 0.6) is 0 Å². The molecule has 1 fully saturated rings. The number of ether oxygens (including phenoxy) is 1. The van der Waals surface area contributed by atoms with Crippen molar-refractivity contribution in [2.75, 3.05) is 7.11 Å². The van der Waals surface area contributed by atoms with Crippen molar-refractivity contribution in [1.82, 2.24) is 9.55 Å². The minimum absolute atomic E-state index is 0.219. The van der Waals surface area contributed by atoms with Crippen LogP contribution in [0.4, 0.5) is 0 Å². The fourth-order valence-electron chi connectivity index (χ4n) is 3.59. The van der Waals surface area contributed by atoms with Crippen LogP contribution in [0, 0.1) is 0 Å². The summed E-state index contributed by atoms with van der Waals surface area (Å²) in [6, 6.07) is 6.50. The van der Waals surface area contributed by atoms with Crippen LogP contribution in [-0.4, -0.2) is 27.7 Å². The molecule has 5 nitrogen and oxygen atoms in total. The molecule has 3 heterocycles. The van der Waals surface area contributed by atoms with Gasteiger partial charge in [-0.1, -0.05) is 22.0 Å². The lowest BCUT2D eigenvalue weighted by atomic mass is 9.75. The van der Waals surface area contributed by atoms with Crippen molar-refractivity contribution in [3.05, 3.63) is 39.6 Å². The molecule has 1 aliphatic carbocycles. The lowest BCUT2D eigenvalue weighted by Crippen LogP contribution is -2.25. The lowest BCUT2D eigenvalue weighted by Gasteiger charge is -2.35. The molecule has 0 spiro atoms. The zero-order valence-corrected chi connectivity index (χ0v) is 13.6. The Morgan fingerprint density at radius 1 is 1.50 bits per heavy atom. The molecule has 5 rings (SSSR count). The van der Waals surface area contributed by atoms with Crippen molar-refractivity contribution in [2.24, 2.45) is 0 Å². The Hall–Kier alpha value is -1.66. The quantitative estimate of drug-likeness (QED) is 0.834. The molecule has 1 saturated carbocycles. The standard InChI is InChI=1S/C16H15BrN2O3/c1-22-16(21)14-13(7-20)19-10-4-8(5-10)11-3-2-9(17)6-12(11)15(19)18-14/h2-3,6,8,10,20H,4-5,7H2,1H3. The molecule has 1 aromatic heterocycles. The van der Waals surface area contributed by atoms with Gasteiger partial charge in [-0.2, -0.15) is 0 Å². The van der Waals surface area contributed by atoms with Gasteiger partial charge < -0.3 is 14.4 Å². The monoisotopic (exact) mass is 362 g/mol. The van der Waals surface area contributed by atoms with Crippen LogP contribution in [0.25, 0.3) is 11.4 Å². The van der Waals surface area contributed by atoms with E-state index in [2.05, 4.69) is 27.0 Å². The van der Waals surface area contributed by atoms with Gasteiger partial charge in [0.15, 0.2) is 5.69 Å². The molecule has 0 radical (unpaired) electrons. The van der Waals surface area contributed by atoms with Gasteiger partial charge in [-0.15, -0.1) is 0 Å². The van der Waals surface area contributed by atoms with E-state index in [1.54, 1.807) is 0 Å². The summed E-state index contributed by atoms with van der Waals surface area (Å²) < 4.78 is 7.82. The van der Waals surface area contributed by atoms with Crippen LogP contribution >= 0.6 is 15.9 Å². The predicted octanol–water partition coefficient (Wildman–Crippen LogP) is 3.02. The fourth-order valence-corrected chi connectivity index (χ4v) is 3.95. The highest BCUT2D eigenvalue weighted by molar-refractivity contribution is 9.10.